The van der Waals surface area contributed by atoms with Crippen LogP contribution in [0.5, 0.6) is 0 Å². The molecule has 2 aromatic rings. The first kappa shape index (κ1) is 19.1. The Morgan fingerprint density at radius 2 is 1.76 bits per heavy atom. The van der Waals surface area contributed by atoms with Crippen molar-refractivity contribution < 1.29 is 19.2 Å². The van der Waals surface area contributed by atoms with Gasteiger partial charge >= 0.3 is 0 Å². The van der Waals surface area contributed by atoms with Crippen molar-refractivity contribution in [2.24, 2.45) is 0 Å². The third kappa shape index (κ3) is 3.46. The van der Waals surface area contributed by atoms with Crippen molar-refractivity contribution in [1.29, 1.82) is 0 Å². The second kappa shape index (κ2) is 7.28. The van der Waals surface area contributed by atoms with E-state index >= 15 is 0 Å². The third-order valence-corrected chi connectivity index (χ3v) is 6.00. The molecule has 2 aliphatic rings. The van der Waals surface area contributed by atoms with Gasteiger partial charge in [0.05, 0.1) is 23.1 Å². The molecule has 1 aromatic heterocycles. The number of anilines is 2. The average molecular weight is 413 g/mol. The number of carbonyl (C=O) groups excluding carboxylic acids is 4. The maximum absolute atomic E-state index is 12.6. The lowest BCUT2D eigenvalue weighted by atomic mass is 10.1. The van der Waals surface area contributed by atoms with Crippen molar-refractivity contribution in [2.75, 3.05) is 23.7 Å². The van der Waals surface area contributed by atoms with Crippen LogP contribution in [0.2, 0.25) is 0 Å². The molecule has 0 unspecified atom stereocenters. The number of hydrogen-bond donors (Lipinski definition) is 2. The van der Waals surface area contributed by atoms with Crippen molar-refractivity contribution in [3.05, 3.63) is 40.4 Å². The Hall–Kier alpha value is -3.27. The number of carbonyl (C=O) groups is 4. The summed E-state index contributed by atoms with van der Waals surface area (Å²) in [4.78, 5) is 51.6. The Balaban J connectivity index is 1.33. The molecule has 0 spiro atoms. The highest BCUT2D eigenvalue weighted by atomic mass is 32.1. The molecule has 9 nitrogen and oxygen atoms in total. The molecule has 4 amide bonds. The number of nitrogen functional groups attached to an aromatic ring is 1. The molecule has 0 radical (unpaired) electrons. The van der Waals surface area contributed by atoms with Gasteiger partial charge in [0.15, 0.2) is 0 Å². The van der Waals surface area contributed by atoms with Gasteiger partial charge in [-0.2, -0.15) is 4.37 Å². The lowest BCUT2D eigenvalue weighted by Crippen LogP contribution is -2.60. The summed E-state index contributed by atoms with van der Waals surface area (Å²) in [5, 5.41) is 2.86. The molecular weight excluding hydrogens is 394 g/mol. The van der Waals surface area contributed by atoms with Gasteiger partial charge in [0.1, 0.15) is 4.88 Å². The monoisotopic (exact) mass is 413 g/mol. The number of aromatic nitrogens is 1. The van der Waals surface area contributed by atoms with E-state index in [1.165, 1.54) is 0 Å². The van der Waals surface area contributed by atoms with E-state index in [2.05, 4.69) is 9.69 Å². The number of nitrogens with zero attached hydrogens (tertiary/aromatic N) is 3. The number of amides is 4. The fraction of sp³-hybridized carbons (Fsp3) is 0.316. The Bertz CT molecular complexity index is 994. The number of aryl methyl sites for hydroxylation is 1. The van der Waals surface area contributed by atoms with Gasteiger partial charge in [0.25, 0.3) is 11.8 Å². The number of imide groups is 1. The van der Waals surface area contributed by atoms with Crippen LogP contribution < -0.4 is 16.0 Å². The van der Waals surface area contributed by atoms with E-state index in [1.807, 2.05) is 0 Å². The topological polar surface area (TPSA) is 126 Å². The SMILES string of the molecule is Cc1nsc(C(=O)NC2CN(C(=O)c3ccc(N4C(=O)CCC4=O)cc3)C2)c1N. The van der Waals surface area contributed by atoms with Gasteiger partial charge in [-0.25, -0.2) is 0 Å². The smallest absolute Gasteiger partial charge is 0.265 e. The Labute approximate surface area is 170 Å². The van der Waals surface area contributed by atoms with Gasteiger partial charge in [-0.15, -0.1) is 0 Å². The largest absolute Gasteiger partial charge is 0.396 e. The number of nitrogens with two attached hydrogens (primary N) is 1. The van der Waals surface area contributed by atoms with Crippen LogP contribution in [0.3, 0.4) is 0 Å². The third-order valence-electron chi connectivity index (χ3n) is 5.04. The van der Waals surface area contributed by atoms with Crippen LogP contribution in [0.15, 0.2) is 24.3 Å². The zero-order chi connectivity index (χ0) is 20.7. The molecule has 0 aliphatic carbocycles. The number of nitrogens with one attached hydrogen (secondary N) is 1. The lowest BCUT2D eigenvalue weighted by Gasteiger charge is -2.39. The predicted molar refractivity (Wildman–Crippen MR) is 107 cm³/mol. The van der Waals surface area contributed by atoms with Gasteiger partial charge in [0, 0.05) is 31.5 Å². The molecule has 29 heavy (non-hydrogen) atoms. The predicted octanol–water partition coefficient (Wildman–Crippen LogP) is 0.942. The van der Waals surface area contributed by atoms with Crippen LogP contribution in [0, 0.1) is 6.92 Å². The van der Waals surface area contributed by atoms with E-state index in [0.29, 0.717) is 40.6 Å². The summed E-state index contributed by atoms with van der Waals surface area (Å²) in [6, 6.07) is 6.25. The molecule has 0 bridgehead atoms. The van der Waals surface area contributed by atoms with Crippen molar-refractivity contribution in [1.82, 2.24) is 14.6 Å². The molecule has 4 rings (SSSR count). The fourth-order valence-corrected chi connectivity index (χ4v) is 4.04. The Morgan fingerprint density at radius 3 is 2.31 bits per heavy atom. The summed E-state index contributed by atoms with van der Waals surface area (Å²) in [7, 11) is 0. The highest BCUT2D eigenvalue weighted by Crippen LogP contribution is 2.24. The summed E-state index contributed by atoms with van der Waals surface area (Å²) >= 11 is 1.06. The van der Waals surface area contributed by atoms with Crippen LogP contribution in [0.25, 0.3) is 0 Å². The van der Waals surface area contributed by atoms with E-state index in [-0.39, 0.29) is 42.5 Å². The van der Waals surface area contributed by atoms with E-state index in [9.17, 15) is 19.2 Å². The first-order valence-corrected chi connectivity index (χ1v) is 9.90. The van der Waals surface area contributed by atoms with Crippen LogP contribution in [-0.2, 0) is 9.59 Å². The molecule has 1 aromatic carbocycles. The molecule has 0 saturated carbocycles. The number of rotatable bonds is 4. The molecule has 3 N–H and O–H groups in total. The van der Waals surface area contributed by atoms with Crippen LogP contribution in [0.4, 0.5) is 11.4 Å². The van der Waals surface area contributed by atoms with Crippen LogP contribution >= 0.6 is 11.5 Å². The normalized spacial score (nSPS) is 16.9. The maximum atomic E-state index is 12.6. The first-order valence-electron chi connectivity index (χ1n) is 9.13. The fourth-order valence-electron chi connectivity index (χ4n) is 3.33. The van der Waals surface area contributed by atoms with Crippen molar-refractivity contribution in [2.45, 2.75) is 25.8 Å². The first-order chi connectivity index (χ1) is 13.8. The van der Waals surface area contributed by atoms with Crippen molar-refractivity contribution in [3.8, 4) is 0 Å². The lowest BCUT2D eigenvalue weighted by molar-refractivity contribution is -0.121. The second-order valence-corrected chi connectivity index (χ2v) is 7.83. The zero-order valence-electron chi connectivity index (χ0n) is 15.7. The summed E-state index contributed by atoms with van der Waals surface area (Å²) in [5.74, 6) is -0.914. The molecule has 2 saturated heterocycles. The molecule has 0 atom stereocenters. The standard InChI is InChI=1S/C19H19N5O4S/c1-10-16(20)17(29-22-10)18(27)21-12-8-23(9-12)19(28)11-2-4-13(5-3-11)24-14(25)6-7-15(24)26/h2-5,12H,6-9,20H2,1H3,(H,21,27). The molecule has 10 heteroatoms. The molecule has 2 fully saturated rings. The Morgan fingerprint density at radius 1 is 1.14 bits per heavy atom. The van der Waals surface area contributed by atoms with Gasteiger partial charge in [0.2, 0.25) is 11.8 Å². The van der Waals surface area contributed by atoms with E-state index in [1.54, 1.807) is 36.1 Å². The highest BCUT2D eigenvalue weighted by Gasteiger charge is 2.34. The van der Waals surface area contributed by atoms with Crippen molar-refractivity contribution in [3.63, 3.8) is 0 Å². The molecule has 3 heterocycles. The summed E-state index contributed by atoms with van der Waals surface area (Å²) < 4.78 is 4.06. The van der Waals surface area contributed by atoms with Gasteiger partial charge < -0.3 is 16.0 Å². The maximum Gasteiger partial charge on any atom is 0.265 e. The quantitative estimate of drug-likeness (QED) is 0.719. The van der Waals surface area contributed by atoms with Crippen LogP contribution in [-0.4, -0.2) is 52.0 Å². The molecule has 150 valence electrons. The minimum atomic E-state index is -0.283. The zero-order valence-corrected chi connectivity index (χ0v) is 16.5. The average Bonchev–Trinajstić information content (AvgIpc) is 3.19. The summed E-state index contributed by atoms with van der Waals surface area (Å²) in [6.07, 6.45) is 0.431. The second-order valence-electron chi connectivity index (χ2n) is 7.06. The number of likely N-dealkylation sites (tertiary alicyclic amines) is 1. The highest BCUT2D eigenvalue weighted by molar-refractivity contribution is 7.08. The van der Waals surface area contributed by atoms with Gasteiger partial charge in [-0.1, -0.05) is 0 Å². The number of benzene rings is 1. The van der Waals surface area contributed by atoms with E-state index in [0.717, 1.165) is 16.4 Å². The number of hydrogen-bond acceptors (Lipinski definition) is 7. The van der Waals surface area contributed by atoms with Crippen molar-refractivity contribution >= 4 is 46.5 Å². The van der Waals surface area contributed by atoms with Gasteiger partial charge in [-0.05, 0) is 42.7 Å². The minimum Gasteiger partial charge on any atom is -0.396 e. The minimum absolute atomic E-state index is 0.146. The van der Waals surface area contributed by atoms with Crippen LogP contribution in [0.1, 0.15) is 38.6 Å². The summed E-state index contributed by atoms with van der Waals surface area (Å²) in [5.41, 5.74) is 7.79. The van der Waals surface area contributed by atoms with E-state index in [4.69, 9.17) is 5.73 Å². The Kier molecular flexibility index (Phi) is 4.79. The molecule has 2 aliphatic heterocycles. The van der Waals surface area contributed by atoms with E-state index < -0.39 is 0 Å². The summed E-state index contributed by atoms with van der Waals surface area (Å²) in [6.45, 7) is 2.54. The molecular formula is C19H19N5O4S. The van der Waals surface area contributed by atoms with Gasteiger partial charge in [-0.3, -0.25) is 24.1 Å².